The first-order valence-corrected chi connectivity index (χ1v) is 11.2. The van der Waals surface area contributed by atoms with Crippen LogP contribution >= 0.6 is 0 Å². The Balaban J connectivity index is 1.76. The van der Waals surface area contributed by atoms with E-state index in [4.69, 9.17) is 0 Å². The van der Waals surface area contributed by atoms with Gasteiger partial charge in [0.1, 0.15) is 0 Å². The Hall–Kier alpha value is -2.87. The predicted octanol–water partition coefficient (Wildman–Crippen LogP) is 3.53. The SMILES string of the molecule is CCCC(=O)Nc1ccc(S(=O)(=O)Nc2ccc3c(c2)CCC(=O)N3CC)cc1. The molecule has 7 nitrogen and oxygen atoms in total. The molecule has 2 aromatic rings. The van der Waals surface area contributed by atoms with Crippen molar-refractivity contribution in [1.29, 1.82) is 0 Å². The van der Waals surface area contributed by atoms with Gasteiger partial charge in [0, 0.05) is 36.4 Å². The van der Waals surface area contributed by atoms with E-state index in [-0.39, 0.29) is 16.7 Å². The molecule has 2 amide bonds. The summed E-state index contributed by atoms with van der Waals surface area (Å²) in [7, 11) is -3.77. The summed E-state index contributed by atoms with van der Waals surface area (Å²) in [5, 5.41) is 2.73. The fraction of sp³-hybridized carbons (Fsp3) is 0.333. The van der Waals surface area contributed by atoms with Gasteiger partial charge in [-0.15, -0.1) is 0 Å². The maximum absolute atomic E-state index is 12.7. The highest BCUT2D eigenvalue weighted by molar-refractivity contribution is 7.92. The molecule has 1 heterocycles. The fourth-order valence-corrected chi connectivity index (χ4v) is 4.40. The molecular formula is C21H25N3O4S. The molecule has 8 heteroatoms. The average molecular weight is 416 g/mol. The summed E-state index contributed by atoms with van der Waals surface area (Å²) in [6.45, 7) is 4.41. The van der Waals surface area contributed by atoms with Crippen LogP contribution in [0.15, 0.2) is 47.4 Å². The zero-order valence-corrected chi connectivity index (χ0v) is 17.4. The van der Waals surface area contributed by atoms with Crippen LogP contribution < -0.4 is 14.9 Å². The van der Waals surface area contributed by atoms with E-state index in [1.54, 1.807) is 35.2 Å². The van der Waals surface area contributed by atoms with Crippen LogP contribution in [0.2, 0.25) is 0 Å². The van der Waals surface area contributed by atoms with Gasteiger partial charge in [-0.3, -0.25) is 14.3 Å². The first-order chi connectivity index (χ1) is 13.8. The van der Waals surface area contributed by atoms with Crippen molar-refractivity contribution in [2.75, 3.05) is 21.5 Å². The van der Waals surface area contributed by atoms with E-state index in [1.807, 2.05) is 13.8 Å². The van der Waals surface area contributed by atoms with Gasteiger partial charge in [0.05, 0.1) is 4.90 Å². The second kappa shape index (κ2) is 8.65. The first kappa shape index (κ1) is 20.9. The largest absolute Gasteiger partial charge is 0.326 e. The Morgan fingerprint density at radius 1 is 1.03 bits per heavy atom. The lowest BCUT2D eigenvalue weighted by Crippen LogP contribution is -2.34. The van der Waals surface area contributed by atoms with Crippen molar-refractivity contribution in [2.24, 2.45) is 0 Å². The van der Waals surface area contributed by atoms with Crippen LogP contribution in [0.3, 0.4) is 0 Å². The quantitative estimate of drug-likeness (QED) is 0.723. The lowest BCUT2D eigenvalue weighted by molar-refractivity contribution is -0.119. The minimum absolute atomic E-state index is 0.0828. The average Bonchev–Trinajstić information content (AvgIpc) is 2.68. The van der Waals surface area contributed by atoms with Crippen LogP contribution in [0.4, 0.5) is 17.1 Å². The minimum Gasteiger partial charge on any atom is -0.326 e. The summed E-state index contributed by atoms with van der Waals surface area (Å²) < 4.78 is 28.0. The van der Waals surface area contributed by atoms with Gasteiger partial charge in [-0.25, -0.2) is 8.42 Å². The van der Waals surface area contributed by atoms with Gasteiger partial charge in [-0.2, -0.15) is 0 Å². The molecule has 0 fully saturated rings. The molecular weight excluding hydrogens is 390 g/mol. The minimum atomic E-state index is -3.77. The van der Waals surface area contributed by atoms with Crippen molar-refractivity contribution in [1.82, 2.24) is 0 Å². The van der Waals surface area contributed by atoms with Crippen molar-refractivity contribution in [3.05, 3.63) is 48.0 Å². The predicted molar refractivity (Wildman–Crippen MR) is 114 cm³/mol. The van der Waals surface area contributed by atoms with Crippen molar-refractivity contribution in [3.63, 3.8) is 0 Å². The summed E-state index contributed by atoms with van der Waals surface area (Å²) >= 11 is 0. The second-order valence-electron chi connectivity index (χ2n) is 6.91. The van der Waals surface area contributed by atoms with E-state index in [2.05, 4.69) is 10.0 Å². The molecule has 0 aliphatic carbocycles. The number of fused-ring (bicyclic) bond motifs is 1. The Kier molecular flexibility index (Phi) is 6.22. The van der Waals surface area contributed by atoms with Gasteiger partial charge < -0.3 is 10.2 Å². The van der Waals surface area contributed by atoms with Crippen molar-refractivity contribution >= 4 is 38.9 Å². The molecule has 0 bridgehead atoms. The number of sulfonamides is 1. The number of amides is 2. The summed E-state index contributed by atoms with van der Waals surface area (Å²) in [5.41, 5.74) is 2.79. The van der Waals surface area contributed by atoms with Crippen LogP contribution in [-0.2, 0) is 26.0 Å². The summed E-state index contributed by atoms with van der Waals surface area (Å²) in [6.07, 6.45) is 2.17. The van der Waals surface area contributed by atoms with Gasteiger partial charge in [-0.1, -0.05) is 6.92 Å². The van der Waals surface area contributed by atoms with Crippen molar-refractivity contribution in [2.45, 2.75) is 44.4 Å². The zero-order valence-electron chi connectivity index (χ0n) is 16.6. The molecule has 0 radical (unpaired) electrons. The molecule has 2 N–H and O–H groups in total. The van der Waals surface area contributed by atoms with E-state index >= 15 is 0 Å². The van der Waals surface area contributed by atoms with Crippen LogP contribution in [0, 0.1) is 0 Å². The molecule has 2 aromatic carbocycles. The Morgan fingerprint density at radius 3 is 2.38 bits per heavy atom. The smallest absolute Gasteiger partial charge is 0.261 e. The molecule has 29 heavy (non-hydrogen) atoms. The first-order valence-electron chi connectivity index (χ1n) is 9.70. The molecule has 3 rings (SSSR count). The molecule has 0 atom stereocenters. The van der Waals surface area contributed by atoms with E-state index in [0.29, 0.717) is 37.2 Å². The van der Waals surface area contributed by atoms with Crippen LogP contribution in [0.1, 0.15) is 38.7 Å². The second-order valence-corrected chi connectivity index (χ2v) is 8.59. The Bertz CT molecular complexity index is 1020. The Morgan fingerprint density at radius 2 is 1.72 bits per heavy atom. The van der Waals surface area contributed by atoms with E-state index in [0.717, 1.165) is 17.7 Å². The molecule has 0 spiro atoms. The monoisotopic (exact) mass is 415 g/mol. The highest BCUT2D eigenvalue weighted by Gasteiger charge is 2.23. The van der Waals surface area contributed by atoms with Crippen LogP contribution in [0.5, 0.6) is 0 Å². The Labute approximate surface area is 171 Å². The lowest BCUT2D eigenvalue weighted by atomic mass is 10.0. The number of carbonyl (C=O) groups is 2. The standard InChI is InChI=1S/C21H25N3O4S/c1-3-5-20(25)22-16-7-10-18(11-8-16)29(27,28)23-17-9-12-19-15(14-17)6-13-21(26)24(19)4-2/h7-12,14,23H,3-6,13H2,1-2H3,(H,22,25). The van der Waals surface area contributed by atoms with Gasteiger partial charge in [0.15, 0.2) is 0 Å². The highest BCUT2D eigenvalue weighted by atomic mass is 32.2. The fourth-order valence-electron chi connectivity index (χ4n) is 3.35. The van der Waals surface area contributed by atoms with E-state index in [9.17, 15) is 18.0 Å². The van der Waals surface area contributed by atoms with Crippen LogP contribution in [0.25, 0.3) is 0 Å². The molecule has 0 unspecified atom stereocenters. The topological polar surface area (TPSA) is 95.6 Å². The summed E-state index contributed by atoms with van der Waals surface area (Å²) in [4.78, 5) is 25.5. The number of hydrogen-bond acceptors (Lipinski definition) is 4. The normalized spacial score (nSPS) is 13.7. The molecule has 0 aromatic heterocycles. The number of aryl methyl sites for hydroxylation is 1. The number of hydrogen-bond donors (Lipinski definition) is 2. The third-order valence-corrected chi connectivity index (χ3v) is 6.17. The number of anilines is 3. The van der Waals surface area contributed by atoms with Gasteiger partial charge in [0.2, 0.25) is 11.8 Å². The van der Waals surface area contributed by atoms with Gasteiger partial charge in [0.25, 0.3) is 10.0 Å². The van der Waals surface area contributed by atoms with Gasteiger partial charge >= 0.3 is 0 Å². The molecule has 154 valence electrons. The number of carbonyl (C=O) groups excluding carboxylic acids is 2. The number of nitrogens with zero attached hydrogens (tertiary/aromatic N) is 1. The molecule has 1 aliphatic rings. The van der Waals surface area contributed by atoms with Crippen molar-refractivity contribution in [3.8, 4) is 0 Å². The lowest BCUT2D eigenvalue weighted by Gasteiger charge is -2.28. The summed E-state index contributed by atoms with van der Waals surface area (Å²) in [6, 6.07) is 11.3. The number of benzene rings is 2. The number of rotatable bonds is 7. The van der Waals surface area contributed by atoms with Gasteiger partial charge in [-0.05, 0) is 67.8 Å². The van der Waals surface area contributed by atoms with Crippen LogP contribution in [-0.4, -0.2) is 26.8 Å². The molecule has 0 saturated heterocycles. The third-order valence-electron chi connectivity index (χ3n) is 4.77. The highest BCUT2D eigenvalue weighted by Crippen LogP contribution is 2.31. The third kappa shape index (κ3) is 4.76. The summed E-state index contributed by atoms with van der Waals surface area (Å²) in [5.74, 6) is -0.0191. The van der Waals surface area contributed by atoms with E-state index in [1.165, 1.54) is 12.1 Å². The zero-order chi connectivity index (χ0) is 21.0. The molecule has 0 saturated carbocycles. The molecule has 1 aliphatic heterocycles. The van der Waals surface area contributed by atoms with E-state index < -0.39 is 10.0 Å². The van der Waals surface area contributed by atoms with Crippen molar-refractivity contribution < 1.29 is 18.0 Å². The maximum atomic E-state index is 12.7. The maximum Gasteiger partial charge on any atom is 0.261 e. The number of nitrogens with one attached hydrogen (secondary N) is 2.